The first-order chi connectivity index (χ1) is 21.0. The van der Waals surface area contributed by atoms with Gasteiger partial charge in [0.05, 0.1) is 23.9 Å². The molecule has 2 aromatic carbocycles. The molecule has 5 rings (SSSR count). The van der Waals surface area contributed by atoms with E-state index in [-0.39, 0.29) is 12.5 Å². The molecule has 1 spiro atoms. The number of rotatable bonds is 6. The van der Waals surface area contributed by atoms with Gasteiger partial charge in [-0.15, -0.1) is 0 Å². The summed E-state index contributed by atoms with van der Waals surface area (Å²) in [5, 5.41) is 10.5. The first kappa shape index (κ1) is 33.9. The molecule has 14 heteroatoms. The molecule has 3 amide bonds. The standard InChI is InChI=1S/C29H32F3N3O3.C2HF3O2/c1-18(2)13-16-34-15-6-14-28(27(34)38)23-22(24(33-28)20-9-11-21(12-10-20)29(30,31)32)25(36)35(26(23)37)17-19-7-4-3-5-8-19;3-2(4,5)1(6)7/h3-5,7-12,18,22-24,33H,6,13-17H2,1-2H3;(H,6,7)/t22-,23-,24-,28-;/m1./s1. The predicted octanol–water partition coefficient (Wildman–Crippen LogP) is 5.19. The van der Waals surface area contributed by atoms with Crippen molar-refractivity contribution in [2.75, 3.05) is 13.1 Å². The Hall–Kier alpha value is -3.94. The van der Waals surface area contributed by atoms with E-state index >= 15 is 0 Å². The first-order valence-corrected chi connectivity index (χ1v) is 14.4. The van der Waals surface area contributed by atoms with Crippen LogP contribution in [0.1, 0.15) is 55.8 Å². The zero-order valence-electron chi connectivity index (χ0n) is 24.5. The molecule has 2 aromatic rings. The minimum atomic E-state index is -5.08. The topological polar surface area (TPSA) is 107 Å². The van der Waals surface area contributed by atoms with Gasteiger partial charge in [0.2, 0.25) is 17.7 Å². The second-order valence-corrected chi connectivity index (χ2v) is 11.8. The summed E-state index contributed by atoms with van der Waals surface area (Å²) in [7, 11) is 0. The van der Waals surface area contributed by atoms with Crippen molar-refractivity contribution in [1.29, 1.82) is 0 Å². The Kier molecular flexibility index (Phi) is 9.67. The van der Waals surface area contributed by atoms with Crippen LogP contribution in [0.5, 0.6) is 0 Å². The van der Waals surface area contributed by atoms with Gasteiger partial charge in [0.25, 0.3) is 0 Å². The summed E-state index contributed by atoms with van der Waals surface area (Å²) in [6.07, 6.45) is -7.71. The number of carbonyl (C=O) groups excluding carboxylic acids is 3. The summed E-state index contributed by atoms with van der Waals surface area (Å²) in [4.78, 5) is 53.6. The molecule has 3 saturated heterocycles. The monoisotopic (exact) mass is 641 g/mol. The third-order valence-electron chi connectivity index (χ3n) is 8.41. The van der Waals surface area contributed by atoms with Crippen LogP contribution in [0, 0.1) is 17.8 Å². The minimum absolute atomic E-state index is 0.0899. The van der Waals surface area contributed by atoms with Crippen LogP contribution in [-0.2, 0) is 31.9 Å². The molecule has 3 fully saturated rings. The van der Waals surface area contributed by atoms with Gasteiger partial charge in [0.15, 0.2) is 0 Å². The number of hydrogen-bond donors (Lipinski definition) is 2. The van der Waals surface area contributed by atoms with Gasteiger partial charge in [-0.05, 0) is 48.4 Å². The highest BCUT2D eigenvalue weighted by Gasteiger charge is 2.69. The molecule has 0 aliphatic carbocycles. The van der Waals surface area contributed by atoms with Crippen LogP contribution in [0.15, 0.2) is 54.6 Å². The highest BCUT2D eigenvalue weighted by Crippen LogP contribution is 2.52. The lowest BCUT2D eigenvalue weighted by molar-refractivity contribution is -0.192. The molecular weight excluding hydrogens is 608 g/mol. The fraction of sp³-hybridized carbons (Fsp3) is 0.484. The van der Waals surface area contributed by atoms with E-state index < -0.39 is 59.1 Å². The summed E-state index contributed by atoms with van der Waals surface area (Å²) in [5.74, 6) is -5.16. The number of carboxylic acid groups (broad SMARTS) is 1. The Morgan fingerprint density at radius 3 is 2.11 bits per heavy atom. The lowest BCUT2D eigenvalue weighted by Crippen LogP contribution is -2.63. The van der Waals surface area contributed by atoms with Crippen LogP contribution in [0.2, 0.25) is 0 Å². The summed E-state index contributed by atoms with van der Waals surface area (Å²) in [6.45, 7) is 5.38. The molecule has 4 atom stereocenters. The number of likely N-dealkylation sites (tertiary alicyclic amines) is 2. The number of hydrogen-bond acceptors (Lipinski definition) is 5. The molecule has 0 saturated carbocycles. The van der Waals surface area contributed by atoms with Crippen LogP contribution >= 0.6 is 0 Å². The number of fused-ring (bicyclic) bond motifs is 2. The van der Waals surface area contributed by atoms with E-state index in [1.165, 1.54) is 17.0 Å². The van der Waals surface area contributed by atoms with Crippen LogP contribution in [0.3, 0.4) is 0 Å². The molecule has 45 heavy (non-hydrogen) atoms. The van der Waals surface area contributed by atoms with Crippen LogP contribution < -0.4 is 5.32 Å². The summed E-state index contributed by atoms with van der Waals surface area (Å²) in [5.41, 5.74) is -0.819. The van der Waals surface area contributed by atoms with Crippen molar-refractivity contribution < 1.29 is 50.6 Å². The van der Waals surface area contributed by atoms with Gasteiger partial charge in [-0.1, -0.05) is 56.3 Å². The van der Waals surface area contributed by atoms with E-state index in [0.29, 0.717) is 37.4 Å². The number of carbonyl (C=O) groups is 4. The second kappa shape index (κ2) is 12.8. The Labute approximate surface area is 255 Å². The fourth-order valence-corrected chi connectivity index (χ4v) is 6.24. The van der Waals surface area contributed by atoms with Crippen molar-refractivity contribution in [2.24, 2.45) is 17.8 Å². The number of carboxylic acids is 1. The fourth-order valence-electron chi connectivity index (χ4n) is 6.24. The maximum absolute atomic E-state index is 14.0. The number of nitrogens with zero attached hydrogens (tertiary/aromatic N) is 2. The smallest absolute Gasteiger partial charge is 0.475 e. The lowest BCUT2D eigenvalue weighted by atomic mass is 9.74. The molecule has 3 heterocycles. The van der Waals surface area contributed by atoms with E-state index in [1.54, 1.807) is 4.90 Å². The third kappa shape index (κ3) is 7.00. The highest BCUT2D eigenvalue weighted by molar-refractivity contribution is 6.10. The highest BCUT2D eigenvalue weighted by atomic mass is 19.4. The van der Waals surface area contributed by atoms with E-state index in [2.05, 4.69) is 19.2 Å². The summed E-state index contributed by atoms with van der Waals surface area (Å²) >= 11 is 0. The Morgan fingerprint density at radius 2 is 1.58 bits per heavy atom. The van der Waals surface area contributed by atoms with E-state index in [0.717, 1.165) is 24.1 Å². The number of halogens is 6. The molecule has 0 bridgehead atoms. The third-order valence-corrected chi connectivity index (χ3v) is 8.41. The Balaban J connectivity index is 0.000000591. The van der Waals surface area contributed by atoms with E-state index in [1.807, 2.05) is 30.3 Å². The van der Waals surface area contributed by atoms with Crippen LogP contribution in [0.25, 0.3) is 0 Å². The molecule has 0 unspecified atom stereocenters. The maximum Gasteiger partial charge on any atom is 0.490 e. The second-order valence-electron chi connectivity index (χ2n) is 11.8. The number of piperidine rings is 1. The maximum atomic E-state index is 14.0. The van der Waals surface area contributed by atoms with Crippen LogP contribution in [0.4, 0.5) is 26.3 Å². The Bertz CT molecular complexity index is 1410. The average Bonchev–Trinajstić information content (AvgIpc) is 3.43. The van der Waals surface area contributed by atoms with Crippen molar-refractivity contribution in [2.45, 2.75) is 63.6 Å². The molecule has 3 aliphatic heterocycles. The van der Waals surface area contributed by atoms with Crippen molar-refractivity contribution in [1.82, 2.24) is 15.1 Å². The van der Waals surface area contributed by atoms with Crippen LogP contribution in [-0.4, -0.2) is 63.4 Å². The van der Waals surface area contributed by atoms with Crippen molar-refractivity contribution >= 4 is 23.7 Å². The number of aliphatic carboxylic acids is 1. The number of benzene rings is 2. The molecular formula is C31H33F6N3O5. The normalized spacial score (nSPS) is 25.1. The van der Waals surface area contributed by atoms with Crippen molar-refractivity contribution in [3.8, 4) is 0 Å². The van der Waals surface area contributed by atoms with Gasteiger partial charge in [-0.25, -0.2) is 4.79 Å². The van der Waals surface area contributed by atoms with E-state index in [4.69, 9.17) is 9.90 Å². The quantitative estimate of drug-likeness (QED) is 0.332. The van der Waals surface area contributed by atoms with Crippen molar-refractivity contribution in [3.63, 3.8) is 0 Å². The molecule has 2 N–H and O–H groups in total. The summed E-state index contributed by atoms with van der Waals surface area (Å²) < 4.78 is 71.4. The predicted molar refractivity (Wildman–Crippen MR) is 148 cm³/mol. The van der Waals surface area contributed by atoms with Gasteiger partial charge in [0.1, 0.15) is 5.54 Å². The number of alkyl halides is 6. The zero-order valence-corrected chi connectivity index (χ0v) is 24.5. The van der Waals surface area contributed by atoms with Gasteiger partial charge >= 0.3 is 18.3 Å². The SMILES string of the molecule is CC(C)CCN1CCC[C@]2(N[C@H](c3ccc(C(F)(F)F)cc3)[C@@H]3C(=O)N(Cc4ccccc4)C(=O)[C@@H]32)C1=O.O=C(O)C(F)(F)F. The van der Waals surface area contributed by atoms with Gasteiger partial charge in [-0.3, -0.25) is 24.6 Å². The lowest BCUT2D eigenvalue weighted by Gasteiger charge is -2.42. The average molecular weight is 642 g/mol. The molecule has 0 radical (unpaired) electrons. The van der Waals surface area contributed by atoms with Gasteiger partial charge in [0, 0.05) is 19.1 Å². The zero-order chi connectivity index (χ0) is 33.3. The molecule has 244 valence electrons. The van der Waals surface area contributed by atoms with E-state index in [9.17, 15) is 40.7 Å². The molecule has 8 nitrogen and oxygen atoms in total. The minimum Gasteiger partial charge on any atom is -0.475 e. The van der Waals surface area contributed by atoms with Crippen molar-refractivity contribution in [3.05, 3.63) is 71.3 Å². The number of amides is 3. The number of imide groups is 1. The summed E-state index contributed by atoms with van der Waals surface area (Å²) in [6, 6.07) is 13.1. The molecule has 3 aliphatic rings. The first-order valence-electron chi connectivity index (χ1n) is 14.4. The Morgan fingerprint density at radius 1 is 0.978 bits per heavy atom. The van der Waals surface area contributed by atoms with Gasteiger partial charge < -0.3 is 10.0 Å². The largest absolute Gasteiger partial charge is 0.490 e. The van der Waals surface area contributed by atoms with Gasteiger partial charge in [-0.2, -0.15) is 26.3 Å². The number of nitrogens with one attached hydrogen (secondary N) is 1. The molecule has 0 aromatic heterocycles.